The second-order valence-corrected chi connectivity index (χ2v) is 19.2. The molecule has 0 bridgehead atoms. The van der Waals surface area contributed by atoms with Crippen LogP contribution in [-0.2, 0) is 19.3 Å². The summed E-state index contributed by atoms with van der Waals surface area (Å²) in [5.74, 6) is 0. The van der Waals surface area contributed by atoms with Crippen LogP contribution in [0, 0.1) is 0 Å². The Morgan fingerprint density at radius 1 is 0.217 bits per heavy atom. The molecule has 0 saturated heterocycles. The number of anilines is 6. The molecule has 15 rings (SSSR count). The lowest BCUT2D eigenvalue weighted by Gasteiger charge is -2.28. The molecule has 2 heteroatoms. The quantitative estimate of drug-likeness (QED) is 0.164. The maximum absolute atomic E-state index is 2.53. The molecule has 0 aromatic heterocycles. The summed E-state index contributed by atoms with van der Waals surface area (Å²) in [5, 5.41) is 9.92. The van der Waals surface area contributed by atoms with Crippen molar-refractivity contribution in [1.29, 1.82) is 0 Å². The highest BCUT2D eigenvalue weighted by Gasteiger charge is 2.30. The van der Waals surface area contributed by atoms with Crippen LogP contribution in [0.4, 0.5) is 34.1 Å². The van der Waals surface area contributed by atoms with Crippen molar-refractivity contribution in [3.63, 3.8) is 0 Å². The SMILES string of the molecule is c1ccc2c(N(c3ccc4c(c3)Cc3cc5c(cc3-4)Cc3cc4c(cc3-5)Cc3cc(N(c5cccc6ccccc56)c5cccc6ccccc56)ccc3-4)c3cccc4ccccc34)cccc2c1. The van der Waals surface area contributed by atoms with Crippen LogP contribution in [-0.4, -0.2) is 0 Å². The Labute approximate surface area is 401 Å². The molecule has 322 valence electrons. The van der Waals surface area contributed by atoms with Crippen molar-refractivity contribution in [2.75, 3.05) is 9.80 Å². The maximum atomic E-state index is 2.53. The third-order valence-electron chi connectivity index (χ3n) is 15.4. The summed E-state index contributed by atoms with van der Waals surface area (Å²) in [6.45, 7) is 0. The van der Waals surface area contributed by atoms with Crippen molar-refractivity contribution < 1.29 is 0 Å². The monoisotopic (exact) mass is 876 g/mol. The minimum absolute atomic E-state index is 0.920. The van der Waals surface area contributed by atoms with Crippen LogP contribution in [0.3, 0.4) is 0 Å². The first-order valence-corrected chi connectivity index (χ1v) is 24.3. The molecule has 0 saturated carbocycles. The number of rotatable bonds is 6. The van der Waals surface area contributed by atoms with E-state index in [-0.39, 0.29) is 0 Å². The molecular weight excluding hydrogens is 833 g/mol. The van der Waals surface area contributed by atoms with Gasteiger partial charge in [0.25, 0.3) is 0 Å². The fraction of sp³-hybridized carbons (Fsp3) is 0.0448. The van der Waals surface area contributed by atoms with Gasteiger partial charge in [0, 0.05) is 32.9 Å². The van der Waals surface area contributed by atoms with Crippen LogP contribution in [0.1, 0.15) is 33.4 Å². The molecule has 3 aliphatic rings. The molecule has 0 amide bonds. The van der Waals surface area contributed by atoms with Crippen LogP contribution >= 0.6 is 0 Å². The van der Waals surface area contributed by atoms with E-state index in [0.29, 0.717) is 0 Å². The lowest BCUT2D eigenvalue weighted by molar-refractivity contribution is 1.23. The third kappa shape index (κ3) is 5.92. The molecule has 0 aliphatic heterocycles. The summed E-state index contributed by atoms with van der Waals surface area (Å²) in [6, 6.07) is 86.2. The molecule has 2 nitrogen and oxygen atoms in total. The fourth-order valence-corrected chi connectivity index (χ4v) is 12.3. The van der Waals surface area contributed by atoms with E-state index >= 15 is 0 Å². The number of nitrogens with zero attached hydrogens (tertiary/aromatic N) is 2. The largest absolute Gasteiger partial charge is 0.309 e. The Kier molecular flexibility index (Phi) is 8.29. The smallest absolute Gasteiger partial charge is 0.0540 e. The summed E-state index contributed by atoms with van der Waals surface area (Å²) >= 11 is 0. The highest BCUT2D eigenvalue weighted by Crippen LogP contribution is 2.51. The Bertz CT molecular complexity index is 3690. The fourth-order valence-electron chi connectivity index (χ4n) is 12.3. The zero-order valence-corrected chi connectivity index (χ0v) is 38.0. The van der Waals surface area contributed by atoms with E-state index in [2.05, 4.69) is 240 Å². The molecule has 12 aromatic rings. The third-order valence-corrected chi connectivity index (χ3v) is 15.4. The minimum atomic E-state index is 0.920. The minimum Gasteiger partial charge on any atom is -0.309 e. The van der Waals surface area contributed by atoms with E-state index < -0.39 is 0 Å². The first kappa shape index (κ1) is 38.4. The van der Waals surface area contributed by atoms with Gasteiger partial charge in [0.2, 0.25) is 0 Å². The van der Waals surface area contributed by atoms with Gasteiger partial charge in [0.05, 0.1) is 22.7 Å². The lowest BCUT2D eigenvalue weighted by atomic mass is 9.96. The van der Waals surface area contributed by atoms with E-state index in [1.54, 1.807) is 0 Å². The first-order chi connectivity index (χ1) is 34.2. The number of benzene rings is 12. The van der Waals surface area contributed by atoms with Crippen LogP contribution < -0.4 is 9.80 Å². The Morgan fingerprint density at radius 3 is 0.797 bits per heavy atom. The Balaban J connectivity index is 0.783. The lowest BCUT2D eigenvalue weighted by Crippen LogP contribution is -2.11. The molecule has 69 heavy (non-hydrogen) atoms. The van der Waals surface area contributed by atoms with Crippen LogP contribution in [0.5, 0.6) is 0 Å². The standard InChI is InChI=1S/C67H44N2/c1-5-21-56-42(13-1)17-9-25-64(56)68(65-26-10-18-43-14-2-6-22-57(43)65)52-29-31-54-46(36-52)33-48-40-62-50(38-60(48)54)35-51-39-61-49(41-63(51)62)34-47-37-53(30-32-55(47)61)69(66-27-11-19-44-15-3-7-23-58(44)66)67-28-12-20-45-16-4-8-24-59(45)67/h1-32,36-41H,33-35H2. The molecule has 0 fully saturated rings. The second-order valence-electron chi connectivity index (χ2n) is 19.2. The molecule has 3 aliphatic carbocycles. The van der Waals surface area contributed by atoms with Crippen molar-refractivity contribution in [2.24, 2.45) is 0 Å². The van der Waals surface area contributed by atoms with Crippen LogP contribution in [0.25, 0.3) is 76.5 Å². The molecule has 0 heterocycles. The van der Waals surface area contributed by atoms with Crippen molar-refractivity contribution in [2.45, 2.75) is 19.3 Å². The summed E-state index contributed by atoms with van der Waals surface area (Å²) < 4.78 is 0. The van der Waals surface area contributed by atoms with Gasteiger partial charge in [-0.15, -0.1) is 0 Å². The average Bonchev–Trinajstić information content (AvgIpc) is 4.07. The Morgan fingerprint density at radius 2 is 0.478 bits per heavy atom. The van der Waals surface area contributed by atoms with Gasteiger partial charge in [-0.25, -0.2) is 0 Å². The normalized spacial score (nSPS) is 12.8. The van der Waals surface area contributed by atoms with Gasteiger partial charge in [-0.1, -0.05) is 158 Å². The molecule has 0 N–H and O–H groups in total. The number of fused-ring (bicyclic) bond motifs is 13. The van der Waals surface area contributed by atoms with Gasteiger partial charge < -0.3 is 9.80 Å². The van der Waals surface area contributed by atoms with Crippen molar-refractivity contribution in [3.8, 4) is 33.4 Å². The maximum Gasteiger partial charge on any atom is 0.0540 e. The van der Waals surface area contributed by atoms with Gasteiger partial charge >= 0.3 is 0 Å². The topological polar surface area (TPSA) is 6.48 Å². The average molecular weight is 877 g/mol. The van der Waals surface area contributed by atoms with Crippen molar-refractivity contribution in [1.82, 2.24) is 0 Å². The molecule has 0 spiro atoms. The van der Waals surface area contributed by atoms with E-state index in [4.69, 9.17) is 0 Å². The zero-order valence-electron chi connectivity index (χ0n) is 38.0. The van der Waals surface area contributed by atoms with Gasteiger partial charge in [-0.2, -0.15) is 0 Å². The van der Waals surface area contributed by atoms with Gasteiger partial charge in [0.15, 0.2) is 0 Å². The van der Waals surface area contributed by atoms with Crippen molar-refractivity contribution in [3.05, 3.63) is 264 Å². The van der Waals surface area contributed by atoms with Gasteiger partial charge in [-0.3, -0.25) is 0 Å². The van der Waals surface area contributed by atoms with Gasteiger partial charge in [0.1, 0.15) is 0 Å². The summed E-state index contributed by atoms with van der Waals surface area (Å²) in [5.41, 5.74) is 23.9. The van der Waals surface area contributed by atoms with Gasteiger partial charge in [-0.05, 0) is 180 Å². The summed E-state index contributed by atoms with van der Waals surface area (Å²) in [7, 11) is 0. The number of hydrogen-bond acceptors (Lipinski definition) is 2. The van der Waals surface area contributed by atoms with Crippen molar-refractivity contribution >= 4 is 77.2 Å². The molecule has 12 aromatic carbocycles. The van der Waals surface area contributed by atoms with E-state index in [1.165, 1.54) is 144 Å². The summed E-state index contributed by atoms with van der Waals surface area (Å²) in [4.78, 5) is 4.97. The predicted molar refractivity (Wildman–Crippen MR) is 291 cm³/mol. The van der Waals surface area contributed by atoms with E-state index in [1.807, 2.05) is 0 Å². The molecule has 0 unspecified atom stereocenters. The highest BCUT2D eigenvalue weighted by molar-refractivity contribution is 6.07. The van der Waals surface area contributed by atoms with Crippen LogP contribution in [0.2, 0.25) is 0 Å². The molecule has 0 radical (unpaired) electrons. The first-order valence-electron chi connectivity index (χ1n) is 24.3. The second kappa shape index (κ2) is 14.9. The van der Waals surface area contributed by atoms with E-state index in [9.17, 15) is 0 Å². The number of hydrogen-bond donors (Lipinski definition) is 0. The Hall–Kier alpha value is -8.72. The highest BCUT2D eigenvalue weighted by atomic mass is 15.2. The van der Waals surface area contributed by atoms with E-state index in [0.717, 1.165) is 19.3 Å². The molecular formula is C67H44N2. The molecule has 0 atom stereocenters. The predicted octanol–water partition coefficient (Wildman–Crippen LogP) is 18.0. The summed E-state index contributed by atoms with van der Waals surface area (Å²) in [6.07, 6.45) is 2.80. The van der Waals surface area contributed by atoms with Crippen LogP contribution in [0.15, 0.2) is 231 Å². The zero-order chi connectivity index (χ0) is 45.2.